The van der Waals surface area contributed by atoms with Crippen LogP contribution in [0.3, 0.4) is 0 Å². The van der Waals surface area contributed by atoms with E-state index in [0.717, 1.165) is 0 Å². The van der Waals surface area contributed by atoms with Crippen LogP contribution in [0.4, 0.5) is 0 Å². The van der Waals surface area contributed by atoms with Gasteiger partial charge in [0, 0.05) is 0 Å². The molecular formula is C10H6N10. The number of aliphatic imine (C=N–C) groups is 8. The Bertz CT molecular complexity index is 667. The van der Waals surface area contributed by atoms with Gasteiger partial charge < -0.3 is 0 Å². The summed E-state index contributed by atoms with van der Waals surface area (Å²) < 4.78 is 0. The topological polar surface area (TPSA) is 124 Å². The number of amidine groups is 4. The second-order valence-electron chi connectivity index (χ2n) is 3.97. The molecule has 2 atom stereocenters. The Morgan fingerprint density at radius 2 is 1.15 bits per heavy atom. The Labute approximate surface area is 112 Å². The smallest absolute Gasteiger partial charge is 0.185 e. The van der Waals surface area contributed by atoms with Gasteiger partial charge in [0.2, 0.25) is 0 Å². The number of nitrogens with zero attached hydrogens (tertiary/aromatic N) is 10. The van der Waals surface area contributed by atoms with Crippen LogP contribution in [0.1, 0.15) is 0 Å². The van der Waals surface area contributed by atoms with Crippen molar-refractivity contribution in [3.05, 3.63) is 0 Å². The van der Waals surface area contributed by atoms with Crippen molar-refractivity contribution in [1.82, 2.24) is 0 Å². The molecule has 0 aliphatic carbocycles. The molecule has 96 valence electrons. The van der Waals surface area contributed by atoms with Gasteiger partial charge in [-0.2, -0.15) is 0 Å². The Hall–Kier alpha value is -3.04. The second kappa shape index (κ2) is 4.26. The van der Waals surface area contributed by atoms with E-state index in [9.17, 15) is 0 Å². The fourth-order valence-electron chi connectivity index (χ4n) is 1.86. The quantitative estimate of drug-likeness (QED) is 0.545. The summed E-state index contributed by atoms with van der Waals surface area (Å²) in [4.78, 5) is 32.4. The zero-order valence-electron chi connectivity index (χ0n) is 9.94. The first-order valence-corrected chi connectivity index (χ1v) is 5.73. The molecule has 0 aromatic carbocycles. The molecule has 0 saturated carbocycles. The molecule has 2 unspecified atom stereocenters. The molecule has 0 saturated heterocycles. The van der Waals surface area contributed by atoms with Crippen LogP contribution in [0, 0.1) is 0 Å². The first-order valence-electron chi connectivity index (χ1n) is 5.73. The summed E-state index contributed by atoms with van der Waals surface area (Å²) in [5.74, 6) is 1.95. The lowest BCUT2D eigenvalue weighted by molar-refractivity contribution is 1.06. The maximum absolute atomic E-state index is 4.12. The van der Waals surface area contributed by atoms with Crippen LogP contribution in [0.15, 0.2) is 50.2 Å². The van der Waals surface area contributed by atoms with Crippen molar-refractivity contribution in [3.63, 3.8) is 0 Å². The van der Waals surface area contributed by atoms with Gasteiger partial charge in [-0.05, 0) is 0 Å². The van der Waals surface area contributed by atoms with Gasteiger partial charge in [-0.1, -0.05) is 0 Å². The van der Waals surface area contributed by atoms with Gasteiger partial charge in [-0.3, -0.25) is 9.98 Å². The highest BCUT2D eigenvalue weighted by atomic mass is 15.3. The van der Waals surface area contributed by atoms with Gasteiger partial charge in [-0.25, -0.2) is 30.0 Å². The second-order valence-corrected chi connectivity index (χ2v) is 3.97. The van der Waals surface area contributed by atoms with Crippen molar-refractivity contribution >= 4 is 48.7 Å². The van der Waals surface area contributed by atoms with Crippen molar-refractivity contribution in [3.8, 4) is 0 Å². The van der Waals surface area contributed by atoms with Crippen LogP contribution in [-0.4, -0.2) is 60.8 Å². The molecule has 0 amide bonds. The number of hydrogen-bond acceptors (Lipinski definition) is 10. The van der Waals surface area contributed by atoms with E-state index < -0.39 is 0 Å². The van der Waals surface area contributed by atoms with Crippen molar-refractivity contribution in [2.75, 3.05) is 0 Å². The largest absolute Gasteiger partial charge is 0.254 e. The van der Waals surface area contributed by atoms with Crippen molar-refractivity contribution in [1.29, 1.82) is 0 Å². The normalized spacial score (nSPS) is 29.2. The molecule has 4 aliphatic rings. The van der Waals surface area contributed by atoms with E-state index in [0.29, 0.717) is 23.3 Å². The molecule has 0 aromatic rings. The number of fused-ring (bicyclic) bond motifs is 2. The first-order chi connectivity index (χ1) is 9.92. The Balaban J connectivity index is 1.60. The average molecular weight is 266 g/mol. The summed E-state index contributed by atoms with van der Waals surface area (Å²) >= 11 is 0. The zero-order chi connectivity index (χ0) is 13.4. The molecule has 4 rings (SSSR count). The molecule has 4 aliphatic heterocycles. The predicted molar refractivity (Wildman–Crippen MR) is 76.1 cm³/mol. The highest BCUT2D eigenvalue weighted by Crippen LogP contribution is 2.13. The standard InChI is InChI=1S/C10H6N10/c1-11-5-7(13-1)15-3-17-9(5)19-20-10-6-8(14-2-12-6)16-4-18-10/h1-6H. The molecule has 0 radical (unpaired) electrons. The van der Waals surface area contributed by atoms with Gasteiger partial charge in [0.05, 0.1) is 0 Å². The fourth-order valence-corrected chi connectivity index (χ4v) is 1.86. The van der Waals surface area contributed by atoms with Crippen LogP contribution in [0.5, 0.6) is 0 Å². The van der Waals surface area contributed by atoms with Gasteiger partial charge >= 0.3 is 0 Å². The lowest BCUT2D eigenvalue weighted by Crippen LogP contribution is -2.28. The Morgan fingerprint density at radius 1 is 0.650 bits per heavy atom. The summed E-state index contributed by atoms with van der Waals surface area (Å²) in [6.45, 7) is 0. The molecule has 0 aromatic heterocycles. The summed E-state index contributed by atoms with van der Waals surface area (Å²) in [7, 11) is 0. The van der Waals surface area contributed by atoms with E-state index in [-0.39, 0.29) is 12.1 Å². The highest BCUT2D eigenvalue weighted by molar-refractivity contribution is 6.22. The molecule has 4 heterocycles. The van der Waals surface area contributed by atoms with Gasteiger partial charge in [0.1, 0.15) is 25.4 Å². The SMILES string of the molecule is C1=NC2=NC=NC2C(N=NC2=NC=NC3=NC=NC32)=N1. The molecular weight excluding hydrogens is 260 g/mol. The minimum Gasteiger partial charge on any atom is -0.254 e. The first kappa shape index (κ1) is 10.8. The molecule has 0 spiro atoms. The van der Waals surface area contributed by atoms with E-state index in [2.05, 4.69) is 50.2 Å². The van der Waals surface area contributed by atoms with Crippen LogP contribution in [0.2, 0.25) is 0 Å². The third-order valence-corrected chi connectivity index (χ3v) is 2.80. The van der Waals surface area contributed by atoms with E-state index in [1.165, 1.54) is 25.4 Å². The summed E-state index contributed by atoms with van der Waals surface area (Å²) in [6, 6.07) is -0.774. The molecule has 0 fully saturated rings. The lowest BCUT2D eigenvalue weighted by Gasteiger charge is -2.11. The van der Waals surface area contributed by atoms with Crippen LogP contribution >= 0.6 is 0 Å². The minimum atomic E-state index is -0.387. The van der Waals surface area contributed by atoms with Crippen molar-refractivity contribution < 1.29 is 0 Å². The summed E-state index contributed by atoms with van der Waals surface area (Å²) in [6.07, 6.45) is 5.63. The highest BCUT2D eigenvalue weighted by Gasteiger charge is 2.29. The fraction of sp³-hybridized carbons (Fsp3) is 0.200. The summed E-state index contributed by atoms with van der Waals surface area (Å²) in [5.41, 5.74) is 0. The predicted octanol–water partition coefficient (Wildman–Crippen LogP) is -0.0626. The number of rotatable bonds is 0. The van der Waals surface area contributed by atoms with Gasteiger partial charge in [0.15, 0.2) is 35.4 Å². The summed E-state index contributed by atoms with van der Waals surface area (Å²) in [5, 5.41) is 8.16. The number of hydrogen-bond donors (Lipinski definition) is 0. The third-order valence-electron chi connectivity index (χ3n) is 2.80. The minimum absolute atomic E-state index is 0.387. The van der Waals surface area contributed by atoms with Crippen LogP contribution in [0.25, 0.3) is 0 Å². The van der Waals surface area contributed by atoms with E-state index >= 15 is 0 Å². The molecule has 0 bridgehead atoms. The van der Waals surface area contributed by atoms with E-state index in [1.807, 2.05) is 0 Å². The van der Waals surface area contributed by atoms with Crippen LogP contribution in [-0.2, 0) is 0 Å². The van der Waals surface area contributed by atoms with E-state index in [4.69, 9.17) is 0 Å². The van der Waals surface area contributed by atoms with Gasteiger partial charge in [-0.15, -0.1) is 10.2 Å². The maximum atomic E-state index is 4.12. The van der Waals surface area contributed by atoms with Crippen molar-refractivity contribution in [2.24, 2.45) is 50.2 Å². The van der Waals surface area contributed by atoms with Gasteiger partial charge in [0.25, 0.3) is 0 Å². The molecule has 10 heteroatoms. The number of azo groups is 1. The van der Waals surface area contributed by atoms with E-state index in [1.54, 1.807) is 0 Å². The molecule has 20 heavy (non-hydrogen) atoms. The molecule has 10 nitrogen and oxygen atoms in total. The monoisotopic (exact) mass is 266 g/mol. The Kier molecular flexibility index (Phi) is 2.31. The average Bonchev–Trinajstić information content (AvgIpc) is 3.13. The van der Waals surface area contributed by atoms with Crippen LogP contribution < -0.4 is 0 Å². The van der Waals surface area contributed by atoms with Crippen molar-refractivity contribution in [2.45, 2.75) is 12.1 Å². The Morgan fingerprint density at radius 3 is 1.65 bits per heavy atom. The zero-order valence-corrected chi connectivity index (χ0v) is 9.94. The third kappa shape index (κ3) is 1.66. The molecule has 0 N–H and O–H groups in total. The lowest BCUT2D eigenvalue weighted by atomic mass is 10.2. The maximum Gasteiger partial charge on any atom is 0.185 e.